The Balaban J connectivity index is 1.59. The van der Waals surface area contributed by atoms with Crippen molar-refractivity contribution in [3.63, 3.8) is 0 Å². The zero-order valence-electron chi connectivity index (χ0n) is 12.1. The summed E-state index contributed by atoms with van der Waals surface area (Å²) in [6.45, 7) is 0.273. The fourth-order valence-corrected chi connectivity index (χ4v) is 1.94. The fraction of sp³-hybridized carbons (Fsp3) is 0.125. The molecule has 0 radical (unpaired) electrons. The normalized spacial score (nSPS) is 10.5. The Morgan fingerprint density at radius 3 is 2.70 bits per heavy atom. The van der Waals surface area contributed by atoms with E-state index in [4.69, 9.17) is 4.42 Å². The number of hydrogen-bond acceptors (Lipinski definition) is 5. The molecule has 0 spiro atoms. The Hall–Kier alpha value is -3.09. The first-order chi connectivity index (χ1) is 11.2. The van der Waals surface area contributed by atoms with E-state index in [0.29, 0.717) is 12.3 Å². The molecular formula is C16H13FN4O2. The lowest BCUT2D eigenvalue weighted by atomic mass is 10.1. The van der Waals surface area contributed by atoms with Crippen LogP contribution in [0.4, 0.5) is 4.39 Å². The smallest absolute Gasteiger partial charge is 0.309 e. The van der Waals surface area contributed by atoms with Crippen molar-refractivity contribution in [2.75, 3.05) is 0 Å². The van der Waals surface area contributed by atoms with Crippen molar-refractivity contribution in [2.45, 2.75) is 13.0 Å². The van der Waals surface area contributed by atoms with Crippen LogP contribution >= 0.6 is 0 Å². The molecule has 1 amide bonds. The molecule has 6 nitrogen and oxygen atoms in total. The maximum Gasteiger partial charge on any atom is 0.309 e. The van der Waals surface area contributed by atoms with E-state index in [-0.39, 0.29) is 18.3 Å². The van der Waals surface area contributed by atoms with Crippen molar-refractivity contribution in [1.29, 1.82) is 0 Å². The van der Waals surface area contributed by atoms with Gasteiger partial charge in [0.05, 0.1) is 18.7 Å². The lowest BCUT2D eigenvalue weighted by Crippen LogP contribution is -2.23. The highest BCUT2D eigenvalue weighted by Crippen LogP contribution is 2.09. The van der Waals surface area contributed by atoms with Gasteiger partial charge in [0.25, 0.3) is 0 Å². The summed E-state index contributed by atoms with van der Waals surface area (Å²) >= 11 is 0. The number of aromatic nitrogens is 3. The zero-order valence-corrected chi connectivity index (χ0v) is 12.1. The van der Waals surface area contributed by atoms with Gasteiger partial charge in [0, 0.05) is 6.20 Å². The highest BCUT2D eigenvalue weighted by Gasteiger charge is 2.15. The highest BCUT2D eigenvalue weighted by atomic mass is 19.1. The minimum absolute atomic E-state index is 0.113. The standard InChI is InChI=1S/C16H13FN4O2/c17-12-6-4-11(5-7-12)9-14-20-21-16(23-14)15(22)19-10-13-3-1-2-8-18-13/h1-8H,9-10H2,(H,19,22). The van der Waals surface area contributed by atoms with Crippen LogP contribution in [0.2, 0.25) is 0 Å². The molecule has 3 aromatic rings. The number of nitrogens with one attached hydrogen (secondary N) is 1. The molecule has 23 heavy (non-hydrogen) atoms. The van der Waals surface area contributed by atoms with Crippen LogP contribution in [-0.2, 0) is 13.0 Å². The Morgan fingerprint density at radius 2 is 1.96 bits per heavy atom. The predicted octanol–water partition coefficient (Wildman–Crippen LogP) is 2.12. The molecule has 0 aliphatic carbocycles. The van der Waals surface area contributed by atoms with E-state index in [0.717, 1.165) is 11.3 Å². The van der Waals surface area contributed by atoms with Gasteiger partial charge >= 0.3 is 11.8 Å². The topological polar surface area (TPSA) is 80.9 Å². The average Bonchev–Trinajstić information content (AvgIpc) is 3.04. The van der Waals surface area contributed by atoms with Gasteiger partial charge < -0.3 is 9.73 Å². The molecule has 0 saturated carbocycles. The number of carbonyl (C=O) groups is 1. The third-order valence-corrected chi connectivity index (χ3v) is 3.09. The summed E-state index contributed by atoms with van der Waals surface area (Å²) in [6, 6.07) is 11.4. The number of benzene rings is 1. The maximum absolute atomic E-state index is 12.9. The highest BCUT2D eigenvalue weighted by molar-refractivity contribution is 5.89. The summed E-state index contributed by atoms with van der Waals surface area (Å²) in [5.41, 5.74) is 1.54. The van der Waals surface area contributed by atoms with E-state index >= 15 is 0 Å². The van der Waals surface area contributed by atoms with Gasteiger partial charge in [0.2, 0.25) is 5.89 Å². The number of hydrogen-bond donors (Lipinski definition) is 1. The van der Waals surface area contributed by atoms with Crippen molar-refractivity contribution in [3.05, 3.63) is 77.5 Å². The third kappa shape index (κ3) is 3.97. The van der Waals surface area contributed by atoms with E-state index in [1.165, 1.54) is 12.1 Å². The number of carbonyl (C=O) groups excluding carboxylic acids is 1. The second-order valence-corrected chi connectivity index (χ2v) is 4.81. The van der Waals surface area contributed by atoms with Crippen molar-refractivity contribution in [2.24, 2.45) is 0 Å². The average molecular weight is 312 g/mol. The Bertz CT molecular complexity index is 787. The molecule has 0 aliphatic heterocycles. The molecule has 7 heteroatoms. The number of halogens is 1. The minimum atomic E-state index is -0.464. The second kappa shape index (κ2) is 6.78. The lowest BCUT2D eigenvalue weighted by Gasteiger charge is -2.01. The quantitative estimate of drug-likeness (QED) is 0.780. The molecule has 2 heterocycles. The van der Waals surface area contributed by atoms with Crippen LogP contribution in [0, 0.1) is 5.82 Å². The van der Waals surface area contributed by atoms with Gasteiger partial charge in [-0.05, 0) is 29.8 Å². The van der Waals surface area contributed by atoms with Crippen LogP contribution in [-0.4, -0.2) is 21.1 Å². The Kier molecular flexibility index (Phi) is 4.37. The van der Waals surface area contributed by atoms with Crippen LogP contribution < -0.4 is 5.32 Å². The molecule has 0 unspecified atom stereocenters. The maximum atomic E-state index is 12.9. The van der Waals surface area contributed by atoms with Crippen LogP contribution in [0.5, 0.6) is 0 Å². The second-order valence-electron chi connectivity index (χ2n) is 4.81. The number of rotatable bonds is 5. The monoisotopic (exact) mass is 312 g/mol. The SMILES string of the molecule is O=C(NCc1ccccn1)c1nnc(Cc2ccc(F)cc2)o1. The van der Waals surface area contributed by atoms with Gasteiger partial charge in [-0.3, -0.25) is 9.78 Å². The number of pyridine rings is 1. The van der Waals surface area contributed by atoms with E-state index in [1.54, 1.807) is 30.5 Å². The van der Waals surface area contributed by atoms with E-state index in [9.17, 15) is 9.18 Å². The zero-order chi connectivity index (χ0) is 16.1. The van der Waals surface area contributed by atoms with Crippen molar-refractivity contribution < 1.29 is 13.6 Å². The summed E-state index contributed by atoms with van der Waals surface area (Å²) in [4.78, 5) is 16.0. The Labute approximate surface area is 131 Å². The molecule has 0 fully saturated rings. The molecule has 1 aromatic carbocycles. The molecule has 1 N–H and O–H groups in total. The van der Waals surface area contributed by atoms with Gasteiger partial charge in [-0.15, -0.1) is 10.2 Å². The van der Waals surface area contributed by atoms with Crippen molar-refractivity contribution in [3.8, 4) is 0 Å². The van der Waals surface area contributed by atoms with Crippen LogP contribution in [0.3, 0.4) is 0 Å². The molecule has 0 saturated heterocycles. The summed E-state index contributed by atoms with van der Waals surface area (Å²) in [5.74, 6) is -0.597. The van der Waals surface area contributed by atoms with E-state index in [2.05, 4.69) is 20.5 Å². The number of nitrogens with zero attached hydrogens (tertiary/aromatic N) is 3. The summed E-state index contributed by atoms with van der Waals surface area (Å²) in [7, 11) is 0. The van der Waals surface area contributed by atoms with Crippen molar-refractivity contribution in [1.82, 2.24) is 20.5 Å². The van der Waals surface area contributed by atoms with Crippen LogP contribution in [0.25, 0.3) is 0 Å². The van der Waals surface area contributed by atoms with Gasteiger partial charge in [0.15, 0.2) is 0 Å². The molecule has 0 bridgehead atoms. The molecular weight excluding hydrogens is 299 g/mol. The summed E-state index contributed by atoms with van der Waals surface area (Å²) in [6.07, 6.45) is 1.98. The van der Waals surface area contributed by atoms with Gasteiger partial charge in [-0.25, -0.2) is 4.39 Å². The van der Waals surface area contributed by atoms with Gasteiger partial charge in [-0.1, -0.05) is 18.2 Å². The summed E-state index contributed by atoms with van der Waals surface area (Å²) < 4.78 is 18.2. The third-order valence-electron chi connectivity index (χ3n) is 3.09. The number of amides is 1. The Morgan fingerprint density at radius 1 is 1.13 bits per heavy atom. The summed E-state index contributed by atoms with van der Waals surface area (Å²) in [5, 5.41) is 10.2. The largest absolute Gasteiger partial charge is 0.417 e. The minimum Gasteiger partial charge on any atom is -0.417 e. The van der Waals surface area contributed by atoms with Crippen molar-refractivity contribution >= 4 is 5.91 Å². The first kappa shape index (κ1) is 14.8. The molecule has 2 aromatic heterocycles. The predicted molar refractivity (Wildman–Crippen MR) is 78.9 cm³/mol. The molecule has 116 valence electrons. The lowest BCUT2D eigenvalue weighted by molar-refractivity contribution is 0.0914. The molecule has 0 aliphatic rings. The molecule has 3 rings (SSSR count). The van der Waals surface area contributed by atoms with Gasteiger partial charge in [-0.2, -0.15) is 0 Å². The molecule has 0 atom stereocenters. The van der Waals surface area contributed by atoms with Crippen LogP contribution in [0.15, 0.2) is 53.1 Å². The van der Waals surface area contributed by atoms with E-state index < -0.39 is 5.91 Å². The van der Waals surface area contributed by atoms with E-state index in [1.807, 2.05) is 6.07 Å². The first-order valence-corrected chi connectivity index (χ1v) is 6.95. The first-order valence-electron chi connectivity index (χ1n) is 6.95. The van der Waals surface area contributed by atoms with Gasteiger partial charge in [0.1, 0.15) is 5.82 Å². The fourth-order valence-electron chi connectivity index (χ4n) is 1.94. The van der Waals surface area contributed by atoms with Crippen LogP contribution in [0.1, 0.15) is 27.8 Å².